The molecule has 1 aliphatic heterocycles. The molecule has 0 radical (unpaired) electrons. The summed E-state index contributed by atoms with van der Waals surface area (Å²) >= 11 is 5.81. The lowest BCUT2D eigenvalue weighted by atomic mass is 9.97. The number of ketones is 1. The molecule has 1 fully saturated rings. The van der Waals surface area contributed by atoms with Crippen LogP contribution in [-0.2, 0) is 4.79 Å². The molecule has 0 aromatic heterocycles. The minimum absolute atomic E-state index is 0.00574. The second-order valence-corrected chi connectivity index (χ2v) is 6.27. The first-order valence-electron chi connectivity index (χ1n) is 7.81. The molecule has 22 heavy (non-hydrogen) atoms. The van der Waals surface area contributed by atoms with Crippen LogP contribution in [0.4, 0.5) is 0 Å². The van der Waals surface area contributed by atoms with Crippen LogP contribution in [0, 0.1) is 5.92 Å². The summed E-state index contributed by atoms with van der Waals surface area (Å²) in [7, 11) is 1.94. The Kier molecular flexibility index (Phi) is 6.40. The summed E-state index contributed by atoms with van der Waals surface area (Å²) in [5.74, 6) is 0.603. The van der Waals surface area contributed by atoms with Crippen molar-refractivity contribution in [2.75, 3.05) is 26.7 Å². The van der Waals surface area contributed by atoms with Crippen molar-refractivity contribution in [1.82, 2.24) is 10.2 Å². The molecule has 0 aliphatic carbocycles. The van der Waals surface area contributed by atoms with Crippen LogP contribution in [0.3, 0.4) is 0 Å². The van der Waals surface area contributed by atoms with Crippen molar-refractivity contribution in [1.29, 1.82) is 0 Å². The average Bonchev–Trinajstić information content (AvgIpc) is 2.53. The monoisotopic (exact) mass is 322 g/mol. The molecule has 0 saturated carbocycles. The summed E-state index contributed by atoms with van der Waals surface area (Å²) in [6, 6.07) is 6.81. The highest BCUT2D eigenvalue weighted by Gasteiger charge is 2.23. The van der Waals surface area contributed by atoms with E-state index in [1.54, 1.807) is 24.3 Å². The van der Waals surface area contributed by atoms with Gasteiger partial charge < -0.3 is 10.2 Å². The Hall–Kier alpha value is -1.39. The Morgan fingerprint density at radius 2 is 2.00 bits per heavy atom. The minimum atomic E-state index is -0.00574. The summed E-state index contributed by atoms with van der Waals surface area (Å²) in [6.07, 6.45) is 2.75. The molecule has 1 saturated heterocycles. The molecule has 2 rings (SSSR count). The highest BCUT2D eigenvalue weighted by atomic mass is 35.5. The first-order valence-corrected chi connectivity index (χ1v) is 8.19. The lowest BCUT2D eigenvalue weighted by Crippen LogP contribution is -2.42. The Bertz CT molecular complexity index is 514. The normalized spacial score (nSPS) is 18.3. The van der Waals surface area contributed by atoms with E-state index in [0.29, 0.717) is 16.5 Å². The molecule has 1 aromatic rings. The summed E-state index contributed by atoms with van der Waals surface area (Å²) in [5.41, 5.74) is 0.615. The van der Waals surface area contributed by atoms with E-state index in [2.05, 4.69) is 5.32 Å². The number of benzene rings is 1. The summed E-state index contributed by atoms with van der Waals surface area (Å²) in [5, 5.41) is 3.78. The van der Waals surface area contributed by atoms with Crippen molar-refractivity contribution in [2.45, 2.75) is 25.7 Å². The van der Waals surface area contributed by atoms with Crippen LogP contribution in [-0.4, -0.2) is 43.3 Å². The Labute approximate surface area is 136 Å². The second kappa shape index (κ2) is 8.30. The number of likely N-dealkylation sites (tertiary alicyclic amines) is 1. The number of hydrogen-bond acceptors (Lipinski definition) is 3. The van der Waals surface area contributed by atoms with Crippen molar-refractivity contribution >= 4 is 23.3 Å². The average molecular weight is 323 g/mol. The van der Waals surface area contributed by atoms with Gasteiger partial charge in [0.15, 0.2) is 5.78 Å². The van der Waals surface area contributed by atoms with Gasteiger partial charge in [0.25, 0.3) is 0 Å². The number of rotatable bonds is 6. The second-order valence-electron chi connectivity index (χ2n) is 5.84. The third kappa shape index (κ3) is 4.82. The van der Waals surface area contributed by atoms with E-state index >= 15 is 0 Å². The van der Waals surface area contributed by atoms with Crippen molar-refractivity contribution in [3.63, 3.8) is 0 Å². The number of nitrogens with one attached hydrogen (secondary N) is 1. The van der Waals surface area contributed by atoms with Gasteiger partial charge in [-0.15, -0.1) is 0 Å². The van der Waals surface area contributed by atoms with Crippen molar-refractivity contribution in [2.24, 2.45) is 5.92 Å². The number of amides is 1. The van der Waals surface area contributed by atoms with Gasteiger partial charge in [0.1, 0.15) is 0 Å². The standard InChI is InChI=1S/C17H23ClN2O2/c1-19-11-13-3-2-10-20(12-13)17(22)9-8-16(21)14-4-6-15(18)7-5-14/h4-7,13,19H,2-3,8-12H2,1H3. The maximum Gasteiger partial charge on any atom is 0.223 e. The largest absolute Gasteiger partial charge is 0.342 e. The molecular formula is C17H23ClN2O2. The molecule has 1 aromatic carbocycles. The molecule has 1 amide bonds. The van der Waals surface area contributed by atoms with E-state index in [1.807, 2.05) is 11.9 Å². The summed E-state index contributed by atoms with van der Waals surface area (Å²) < 4.78 is 0. The quantitative estimate of drug-likeness (QED) is 0.819. The van der Waals surface area contributed by atoms with Gasteiger partial charge in [-0.05, 0) is 56.6 Å². The van der Waals surface area contributed by atoms with Crippen molar-refractivity contribution in [3.05, 3.63) is 34.9 Å². The first-order chi connectivity index (χ1) is 10.6. The Morgan fingerprint density at radius 1 is 1.27 bits per heavy atom. The zero-order valence-electron chi connectivity index (χ0n) is 13.0. The fourth-order valence-electron chi connectivity index (χ4n) is 2.91. The first kappa shape index (κ1) is 17.0. The number of carbonyl (C=O) groups is 2. The van der Waals surface area contributed by atoms with Gasteiger partial charge >= 0.3 is 0 Å². The molecule has 1 N–H and O–H groups in total. The summed E-state index contributed by atoms with van der Waals surface area (Å²) in [6.45, 7) is 2.55. The molecule has 1 heterocycles. The van der Waals surface area contributed by atoms with E-state index in [9.17, 15) is 9.59 Å². The molecular weight excluding hydrogens is 300 g/mol. The molecule has 120 valence electrons. The van der Waals surface area contributed by atoms with Gasteiger partial charge in [-0.1, -0.05) is 11.6 Å². The van der Waals surface area contributed by atoms with Crippen LogP contribution < -0.4 is 5.32 Å². The van der Waals surface area contributed by atoms with Crippen LogP contribution in [0.15, 0.2) is 24.3 Å². The third-order valence-electron chi connectivity index (χ3n) is 4.10. The fraction of sp³-hybridized carbons (Fsp3) is 0.529. The lowest BCUT2D eigenvalue weighted by Gasteiger charge is -2.32. The number of hydrogen-bond donors (Lipinski definition) is 1. The van der Waals surface area contributed by atoms with Crippen LogP contribution >= 0.6 is 11.6 Å². The lowest BCUT2D eigenvalue weighted by molar-refractivity contribution is -0.132. The van der Waals surface area contributed by atoms with Gasteiger partial charge in [-0.2, -0.15) is 0 Å². The topological polar surface area (TPSA) is 49.4 Å². The van der Waals surface area contributed by atoms with E-state index in [1.165, 1.54) is 0 Å². The van der Waals surface area contributed by atoms with Crippen LogP contribution in [0.2, 0.25) is 5.02 Å². The van der Waals surface area contributed by atoms with Gasteiger partial charge in [-0.25, -0.2) is 0 Å². The molecule has 4 nitrogen and oxygen atoms in total. The number of nitrogens with zero attached hydrogens (tertiary/aromatic N) is 1. The Balaban J connectivity index is 1.81. The fourth-order valence-corrected chi connectivity index (χ4v) is 3.03. The number of Topliss-reactive ketones (excluding diaryl/α,β-unsaturated/α-hetero) is 1. The maximum absolute atomic E-state index is 12.3. The molecule has 1 aliphatic rings. The van der Waals surface area contributed by atoms with E-state index in [4.69, 9.17) is 11.6 Å². The molecule has 0 spiro atoms. The summed E-state index contributed by atoms with van der Waals surface area (Å²) in [4.78, 5) is 26.3. The van der Waals surface area contributed by atoms with E-state index in [-0.39, 0.29) is 24.5 Å². The van der Waals surface area contributed by atoms with Crippen molar-refractivity contribution in [3.8, 4) is 0 Å². The van der Waals surface area contributed by atoms with Crippen LogP contribution in [0.5, 0.6) is 0 Å². The van der Waals surface area contributed by atoms with Crippen molar-refractivity contribution < 1.29 is 9.59 Å². The zero-order chi connectivity index (χ0) is 15.9. The smallest absolute Gasteiger partial charge is 0.223 e. The predicted molar refractivity (Wildman–Crippen MR) is 88.2 cm³/mol. The number of halogens is 1. The SMILES string of the molecule is CNCC1CCCN(C(=O)CCC(=O)c2ccc(Cl)cc2)C1. The zero-order valence-corrected chi connectivity index (χ0v) is 13.7. The third-order valence-corrected chi connectivity index (χ3v) is 4.35. The van der Waals surface area contributed by atoms with Gasteiger partial charge in [0, 0.05) is 36.5 Å². The minimum Gasteiger partial charge on any atom is -0.342 e. The van der Waals surface area contributed by atoms with Crippen LogP contribution in [0.1, 0.15) is 36.0 Å². The molecule has 1 atom stereocenters. The molecule has 1 unspecified atom stereocenters. The predicted octanol–water partition coefficient (Wildman–Crippen LogP) is 2.76. The van der Waals surface area contributed by atoms with Gasteiger partial charge in [-0.3, -0.25) is 9.59 Å². The van der Waals surface area contributed by atoms with E-state index < -0.39 is 0 Å². The highest BCUT2D eigenvalue weighted by Crippen LogP contribution is 2.18. The Morgan fingerprint density at radius 3 is 2.68 bits per heavy atom. The van der Waals surface area contributed by atoms with Crippen LogP contribution in [0.25, 0.3) is 0 Å². The molecule has 0 bridgehead atoms. The highest BCUT2D eigenvalue weighted by molar-refractivity contribution is 6.30. The number of piperidine rings is 1. The van der Waals surface area contributed by atoms with Gasteiger partial charge in [0.2, 0.25) is 5.91 Å². The molecule has 5 heteroatoms. The number of carbonyl (C=O) groups excluding carboxylic acids is 2. The van der Waals surface area contributed by atoms with Gasteiger partial charge in [0.05, 0.1) is 0 Å². The maximum atomic E-state index is 12.3. The van der Waals surface area contributed by atoms with E-state index in [0.717, 1.165) is 32.5 Å².